The van der Waals surface area contributed by atoms with Crippen LogP contribution in [0.4, 0.5) is 0 Å². The van der Waals surface area contributed by atoms with Gasteiger partial charge in [0.15, 0.2) is 0 Å². The molecule has 0 saturated heterocycles. The summed E-state index contributed by atoms with van der Waals surface area (Å²) in [5.74, 6) is 1.06. The Morgan fingerprint density at radius 3 is 2.77 bits per heavy atom. The summed E-state index contributed by atoms with van der Waals surface area (Å²) < 4.78 is 4.94. The molecule has 0 radical (unpaired) electrons. The number of carbonyl (C=O) groups is 1. The molecule has 0 saturated carbocycles. The second-order valence-electron chi connectivity index (χ2n) is 2.92. The first kappa shape index (κ1) is 12.5. The Kier molecular flexibility index (Phi) is 6.72. The number of rotatable bonds is 6. The van der Waals surface area contributed by atoms with Gasteiger partial charge in [0.1, 0.15) is 6.04 Å². The monoisotopic (exact) mass is 203 g/mol. The maximum Gasteiger partial charge on any atom is 0.324 e. The molecule has 0 heterocycles. The maximum absolute atomic E-state index is 11.2. The van der Waals surface area contributed by atoms with Crippen LogP contribution in [-0.4, -0.2) is 29.6 Å². The number of hydrogen-bond acceptors (Lipinski definition) is 4. The van der Waals surface area contributed by atoms with Gasteiger partial charge in [-0.2, -0.15) is 11.8 Å². The fourth-order valence-electron chi connectivity index (χ4n) is 0.666. The molecule has 0 aromatic heterocycles. The highest BCUT2D eigenvalue weighted by Gasteiger charge is 2.15. The molecule has 0 bridgehead atoms. The van der Waals surface area contributed by atoms with Crippen LogP contribution in [0.5, 0.6) is 0 Å². The van der Waals surface area contributed by atoms with Gasteiger partial charge in [0.25, 0.3) is 0 Å². The minimum atomic E-state index is -0.521. The Balaban J connectivity index is 3.62. The number of hydrogen-bond donors (Lipinski definition) is 1. The van der Waals surface area contributed by atoms with Crippen LogP contribution in [0.1, 0.15) is 13.8 Å². The zero-order valence-electron chi connectivity index (χ0n) is 8.16. The third-order valence-electron chi connectivity index (χ3n) is 1.19. The average molecular weight is 203 g/mol. The van der Waals surface area contributed by atoms with Crippen LogP contribution < -0.4 is 5.73 Å². The van der Waals surface area contributed by atoms with Gasteiger partial charge in [0, 0.05) is 11.5 Å². The van der Waals surface area contributed by atoms with Gasteiger partial charge in [-0.05, 0) is 13.8 Å². The molecule has 0 unspecified atom stereocenters. The molecule has 0 aliphatic carbocycles. The van der Waals surface area contributed by atoms with Crippen LogP contribution in [0.15, 0.2) is 12.7 Å². The fraction of sp³-hybridized carbons (Fsp3) is 0.667. The molecule has 3 nitrogen and oxygen atoms in total. The summed E-state index contributed by atoms with van der Waals surface area (Å²) in [6.07, 6.45) is 1.69. The van der Waals surface area contributed by atoms with Gasteiger partial charge >= 0.3 is 5.97 Å². The van der Waals surface area contributed by atoms with Gasteiger partial charge < -0.3 is 10.5 Å². The molecule has 0 spiro atoms. The van der Waals surface area contributed by atoms with Crippen molar-refractivity contribution < 1.29 is 9.53 Å². The Morgan fingerprint density at radius 2 is 2.31 bits per heavy atom. The molecule has 0 aromatic carbocycles. The van der Waals surface area contributed by atoms with Crippen molar-refractivity contribution in [2.45, 2.75) is 26.0 Å². The van der Waals surface area contributed by atoms with Crippen molar-refractivity contribution in [1.82, 2.24) is 0 Å². The molecule has 0 aliphatic heterocycles. The highest BCUT2D eigenvalue weighted by atomic mass is 32.2. The number of thioether (sulfide) groups is 1. The lowest BCUT2D eigenvalue weighted by atomic mass is 10.3. The largest absolute Gasteiger partial charge is 0.462 e. The van der Waals surface area contributed by atoms with E-state index in [2.05, 4.69) is 6.58 Å². The Bertz CT molecular complexity index is 171. The Labute approximate surface area is 83.7 Å². The highest BCUT2D eigenvalue weighted by molar-refractivity contribution is 7.99. The summed E-state index contributed by atoms with van der Waals surface area (Å²) in [5.41, 5.74) is 5.58. The van der Waals surface area contributed by atoms with E-state index >= 15 is 0 Å². The molecule has 2 N–H and O–H groups in total. The standard InChI is InChI=1S/C9H17NO2S/c1-4-5-13-6-8(10)9(11)12-7(2)3/h4,7-8H,1,5-6,10H2,2-3H3/t8-/m0/s1. The SMILES string of the molecule is C=CCSC[C@H](N)C(=O)OC(C)C. The molecule has 0 fully saturated rings. The summed E-state index contributed by atoms with van der Waals surface area (Å²) in [6, 6.07) is -0.521. The second-order valence-corrected chi connectivity index (χ2v) is 3.99. The van der Waals surface area contributed by atoms with Crippen LogP contribution in [0, 0.1) is 0 Å². The zero-order chi connectivity index (χ0) is 10.3. The zero-order valence-corrected chi connectivity index (χ0v) is 8.97. The average Bonchev–Trinajstić information content (AvgIpc) is 2.03. The van der Waals surface area contributed by atoms with Crippen LogP contribution in [-0.2, 0) is 9.53 Å². The normalized spacial score (nSPS) is 12.6. The second kappa shape index (κ2) is 6.97. The van der Waals surface area contributed by atoms with E-state index in [9.17, 15) is 4.79 Å². The van der Waals surface area contributed by atoms with Gasteiger partial charge in [-0.15, -0.1) is 6.58 Å². The molecule has 0 rings (SSSR count). The van der Waals surface area contributed by atoms with E-state index < -0.39 is 6.04 Å². The van der Waals surface area contributed by atoms with Crippen LogP contribution in [0.3, 0.4) is 0 Å². The van der Waals surface area contributed by atoms with Crippen molar-refractivity contribution in [2.75, 3.05) is 11.5 Å². The Morgan fingerprint density at radius 1 is 1.69 bits per heavy atom. The highest BCUT2D eigenvalue weighted by Crippen LogP contribution is 2.03. The first-order valence-corrected chi connectivity index (χ1v) is 5.38. The molecule has 1 atom stereocenters. The lowest BCUT2D eigenvalue weighted by molar-refractivity contribution is -0.148. The predicted octanol–water partition coefficient (Wildman–Crippen LogP) is 1.18. The minimum Gasteiger partial charge on any atom is -0.462 e. The van der Waals surface area contributed by atoms with Gasteiger partial charge in [-0.1, -0.05) is 6.08 Å². The van der Waals surface area contributed by atoms with E-state index in [1.807, 2.05) is 13.8 Å². The number of esters is 1. The van der Waals surface area contributed by atoms with Crippen molar-refractivity contribution in [2.24, 2.45) is 5.73 Å². The van der Waals surface area contributed by atoms with Crippen LogP contribution in [0.25, 0.3) is 0 Å². The lowest BCUT2D eigenvalue weighted by Crippen LogP contribution is -2.36. The van der Waals surface area contributed by atoms with E-state index in [-0.39, 0.29) is 12.1 Å². The van der Waals surface area contributed by atoms with Crippen molar-refractivity contribution in [3.63, 3.8) is 0 Å². The summed E-state index contributed by atoms with van der Waals surface area (Å²) in [5, 5.41) is 0. The van der Waals surface area contributed by atoms with Gasteiger partial charge in [0.2, 0.25) is 0 Å². The van der Waals surface area contributed by atoms with Gasteiger partial charge in [-0.25, -0.2) is 0 Å². The Hall–Kier alpha value is -0.480. The number of nitrogens with two attached hydrogens (primary N) is 1. The quantitative estimate of drug-likeness (QED) is 0.400. The predicted molar refractivity (Wildman–Crippen MR) is 56.7 cm³/mol. The molecular weight excluding hydrogens is 186 g/mol. The molecule has 13 heavy (non-hydrogen) atoms. The first-order chi connectivity index (χ1) is 6.07. The van der Waals surface area contributed by atoms with Gasteiger partial charge in [0.05, 0.1) is 6.10 Å². The fourth-order valence-corrected chi connectivity index (χ4v) is 1.36. The molecule has 76 valence electrons. The third kappa shape index (κ3) is 6.66. The smallest absolute Gasteiger partial charge is 0.324 e. The summed E-state index contributed by atoms with van der Waals surface area (Å²) in [4.78, 5) is 11.2. The summed E-state index contributed by atoms with van der Waals surface area (Å²) >= 11 is 1.57. The lowest BCUT2D eigenvalue weighted by Gasteiger charge is -2.12. The van der Waals surface area contributed by atoms with E-state index in [4.69, 9.17) is 10.5 Å². The minimum absolute atomic E-state index is 0.0945. The number of carbonyl (C=O) groups excluding carboxylic acids is 1. The van der Waals surface area contributed by atoms with E-state index in [0.29, 0.717) is 5.75 Å². The maximum atomic E-state index is 11.2. The van der Waals surface area contributed by atoms with Gasteiger partial charge in [-0.3, -0.25) is 4.79 Å². The van der Waals surface area contributed by atoms with E-state index in [1.54, 1.807) is 17.8 Å². The van der Waals surface area contributed by atoms with Crippen molar-refractivity contribution >= 4 is 17.7 Å². The van der Waals surface area contributed by atoms with Crippen molar-refractivity contribution in [3.05, 3.63) is 12.7 Å². The molecule has 0 amide bonds. The third-order valence-corrected chi connectivity index (χ3v) is 2.25. The summed E-state index contributed by atoms with van der Waals surface area (Å²) in [6.45, 7) is 7.19. The topological polar surface area (TPSA) is 52.3 Å². The molecule has 0 aromatic rings. The molecule has 0 aliphatic rings. The summed E-state index contributed by atoms with van der Waals surface area (Å²) in [7, 11) is 0. The van der Waals surface area contributed by atoms with Crippen LogP contribution in [0.2, 0.25) is 0 Å². The number of ether oxygens (including phenoxy) is 1. The van der Waals surface area contributed by atoms with Crippen LogP contribution >= 0.6 is 11.8 Å². The van der Waals surface area contributed by atoms with Crippen molar-refractivity contribution in [3.8, 4) is 0 Å². The van der Waals surface area contributed by atoms with E-state index in [1.165, 1.54) is 0 Å². The molecule has 4 heteroatoms. The molecular formula is C9H17NO2S. The first-order valence-electron chi connectivity index (χ1n) is 4.22. The van der Waals surface area contributed by atoms with Crippen molar-refractivity contribution in [1.29, 1.82) is 0 Å². The van der Waals surface area contributed by atoms with E-state index in [0.717, 1.165) is 5.75 Å².